The minimum Gasteiger partial charge on any atom is -0.348 e. The Morgan fingerprint density at radius 3 is 2.31 bits per heavy atom. The molecule has 2 aliphatic rings. The van der Waals surface area contributed by atoms with Gasteiger partial charge in [0, 0.05) is 44.8 Å². The van der Waals surface area contributed by atoms with Gasteiger partial charge in [0.2, 0.25) is 11.9 Å². The highest BCUT2D eigenvalue weighted by Gasteiger charge is 2.23. The van der Waals surface area contributed by atoms with E-state index in [9.17, 15) is 9.59 Å². The van der Waals surface area contributed by atoms with E-state index in [1.54, 1.807) is 13.0 Å². The number of amides is 2. The van der Waals surface area contributed by atoms with Crippen LogP contribution in [0.25, 0.3) is 0 Å². The Balaban J connectivity index is 1.67. The van der Waals surface area contributed by atoms with Crippen LogP contribution in [0.15, 0.2) is 6.07 Å². The number of carbonyl (C=O) groups excluding carboxylic acids is 2. The van der Waals surface area contributed by atoms with Crippen LogP contribution in [0.5, 0.6) is 0 Å². The molecule has 7 nitrogen and oxygen atoms in total. The van der Waals surface area contributed by atoms with Crippen molar-refractivity contribution in [3.8, 4) is 0 Å². The van der Waals surface area contributed by atoms with Gasteiger partial charge in [-0.05, 0) is 25.8 Å². The van der Waals surface area contributed by atoms with Crippen LogP contribution in [0.4, 0.5) is 5.95 Å². The van der Waals surface area contributed by atoms with Crippen LogP contribution in [-0.2, 0) is 4.79 Å². The lowest BCUT2D eigenvalue weighted by Crippen LogP contribution is -2.48. The zero-order valence-corrected chi connectivity index (χ0v) is 15.8. The average Bonchev–Trinajstić information content (AvgIpc) is 2.90. The summed E-state index contributed by atoms with van der Waals surface area (Å²) in [5.74, 6) is 0.573. The van der Waals surface area contributed by atoms with E-state index in [1.807, 2.05) is 11.8 Å². The van der Waals surface area contributed by atoms with Gasteiger partial charge in [0.05, 0.1) is 0 Å². The first-order valence-electron chi connectivity index (χ1n) is 9.70. The number of aromatic nitrogens is 2. The molecule has 0 bridgehead atoms. The molecular formula is C19H29N5O2. The van der Waals surface area contributed by atoms with E-state index in [4.69, 9.17) is 0 Å². The van der Waals surface area contributed by atoms with E-state index in [2.05, 4.69) is 20.2 Å². The van der Waals surface area contributed by atoms with E-state index in [0.29, 0.717) is 37.8 Å². The molecule has 7 heteroatoms. The van der Waals surface area contributed by atoms with Gasteiger partial charge in [-0.25, -0.2) is 9.97 Å². The molecule has 26 heavy (non-hydrogen) atoms. The van der Waals surface area contributed by atoms with Gasteiger partial charge in [0.1, 0.15) is 5.69 Å². The fourth-order valence-corrected chi connectivity index (χ4v) is 3.72. The fraction of sp³-hybridized carbons (Fsp3) is 0.684. The van der Waals surface area contributed by atoms with Gasteiger partial charge in [-0.3, -0.25) is 9.59 Å². The van der Waals surface area contributed by atoms with Gasteiger partial charge >= 0.3 is 0 Å². The Morgan fingerprint density at radius 1 is 1.04 bits per heavy atom. The predicted molar refractivity (Wildman–Crippen MR) is 100 cm³/mol. The van der Waals surface area contributed by atoms with Crippen molar-refractivity contribution in [2.24, 2.45) is 0 Å². The van der Waals surface area contributed by atoms with Crippen LogP contribution in [0.3, 0.4) is 0 Å². The minimum atomic E-state index is -0.106. The molecule has 0 atom stereocenters. The number of piperazine rings is 1. The molecule has 1 aliphatic carbocycles. The number of anilines is 1. The quantitative estimate of drug-likeness (QED) is 0.834. The second kappa shape index (κ2) is 8.47. The van der Waals surface area contributed by atoms with Crippen molar-refractivity contribution in [3.05, 3.63) is 17.5 Å². The smallest absolute Gasteiger partial charge is 0.270 e. The molecule has 142 valence electrons. The third kappa shape index (κ3) is 4.71. The molecule has 1 aromatic rings. The van der Waals surface area contributed by atoms with Crippen molar-refractivity contribution in [3.63, 3.8) is 0 Å². The molecule has 0 spiro atoms. The van der Waals surface area contributed by atoms with Gasteiger partial charge in [0.25, 0.3) is 5.91 Å². The molecule has 2 heterocycles. The van der Waals surface area contributed by atoms with E-state index >= 15 is 0 Å². The lowest BCUT2D eigenvalue weighted by atomic mass is 10.1. The van der Waals surface area contributed by atoms with E-state index in [0.717, 1.165) is 18.5 Å². The topological polar surface area (TPSA) is 78.4 Å². The molecule has 1 N–H and O–H groups in total. The standard InChI is InChI=1S/C19H29N5O2/c1-14-13-17(18(26)21-16-7-5-3-4-6-8-16)22-19(20-14)24-11-9-23(10-12-24)15(2)25/h13,16H,3-12H2,1-2H3,(H,21,26). The maximum Gasteiger partial charge on any atom is 0.270 e. The molecule has 1 saturated heterocycles. The first-order valence-corrected chi connectivity index (χ1v) is 9.70. The first-order chi connectivity index (χ1) is 12.5. The van der Waals surface area contributed by atoms with Crippen LogP contribution in [0.1, 0.15) is 61.6 Å². The van der Waals surface area contributed by atoms with Gasteiger partial charge in [-0.2, -0.15) is 0 Å². The second-order valence-corrected chi connectivity index (χ2v) is 7.35. The SMILES string of the molecule is CC(=O)N1CCN(c2nc(C)cc(C(=O)NC3CCCCCC3)n2)CC1. The molecule has 2 fully saturated rings. The maximum absolute atomic E-state index is 12.7. The molecule has 0 radical (unpaired) electrons. The Bertz CT molecular complexity index is 647. The predicted octanol–water partition coefficient (Wildman–Crippen LogP) is 1.91. The van der Waals surface area contributed by atoms with Gasteiger partial charge in [0.15, 0.2) is 0 Å². The van der Waals surface area contributed by atoms with Crippen LogP contribution >= 0.6 is 0 Å². The largest absolute Gasteiger partial charge is 0.348 e. The summed E-state index contributed by atoms with van der Waals surface area (Å²) in [5, 5.41) is 3.15. The molecule has 1 aromatic heterocycles. The van der Waals surface area contributed by atoms with Crippen LogP contribution in [-0.4, -0.2) is 58.9 Å². The average molecular weight is 359 g/mol. The van der Waals surface area contributed by atoms with E-state index in [1.165, 1.54) is 25.7 Å². The Hall–Kier alpha value is -2.18. The van der Waals surface area contributed by atoms with Gasteiger partial charge < -0.3 is 15.1 Å². The number of rotatable bonds is 3. The van der Waals surface area contributed by atoms with Crippen molar-refractivity contribution < 1.29 is 9.59 Å². The maximum atomic E-state index is 12.7. The van der Waals surface area contributed by atoms with Crippen LogP contribution < -0.4 is 10.2 Å². The number of hydrogen-bond acceptors (Lipinski definition) is 5. The summed E-state index contributed by atoms with van der Waals surface area (Å²) in [4.78, 5) is 37.1. The summed E-state index contributed by atoms with van der Waals surface area (Å²) in [7, 11) is 0. The van der Waals surface area contributed by atoms with Crippen LogP contribution in [0, 0.1) is 6.92 Å². The highest BCUT2D eigenvalue weighted by molar-refractivity contribution is 5.92. The lowest BCUT2D eigenvalue weighted by Gasteiger charge is -2.34. The number of nitrogens with one attached hydrogen (secondary N) is 1. The zero-order chi connectivity index (χ0) is 18.5. The first kappa shape index (κ1) is 18.6. The third-order valence-corrected chi connectivity index (χ3v) is 5.27. The summed E-state index contributed by atoms with van der Waals surface area (Å²) >= 11 is 0. The van der Waals surface area contributed by atoms with Crippen molar-refractivity contribution in [1.82, 2.24) is 20.2 Å². The Labute approximate surface area is 155 Å². The number of nitrogens with zero attached hydrogens (tertiary/aromatic N) is 4. The molecule has 0 unspecified atom stereocenters. The summed E-state index contributed by atoms with van der Waals surface area (Å²) in [5.41, 5.74) is 1.22. The van der Waals surface area contributed by atoms with Crippen molar-refractivity contribution >= 4 is 17.8 Å². The van der Waals surface area contributed by atoms with Gasteiger partial charge in [-0.1, -0.05) is 25.7 Å². The summed E-state index contributed by atoms with van der Waals surface area (Å²) in [6.07, 6.45) is 6.98. The monoisotopic (exact) mass is 359 g/mol. The van der Waals surface area contributed by atoms with Crippen molar-refractivity contribution in [1.29, 1.82) is 0 Å². The highest BCUT2D eigenvalue weighted by Crippen LogP contribution is 2.18. The van der Waals surface area contributed by atoms with Crippen LogP contribution in [0.2, 0.25) is 0 Å². The molecular weight excluding hydrogens is 330 g/mol. The van der Waals surface area contributed by atoms with E-state index < -0.39 is 0 Å². The second-order valence-electron chi connectivity index (χ2n) is 7.35. The number of hydrogen-bond donors (Lipinski definition) is 1. The number of carbonyl (C=O) groups is 2. The molecule has 1 aliphatic heterocycles. The Kier molecular flexibility index (Phi) is 6.06. The minimum absolute atomic E-state index is 0.0956. The fourth-order valence-electron chi connectivity index (χ4n) is 3.72. The van der Waals surface area contributed by atoms with E-state index in [-0.39, 0.29) is 17.9 Å². The Morgan fingerprint density at radius 2 is 1.69 bits per heavy atom. The molecule has 3 rings (SSSR count). The summed E-state index contributed by atoms with van der Waals surface area (Å²) in [6.45, 7) is 6.18. The number of aryl methyl sites for hydroxylation is 1. The zero-order valence-electron chi connectivity index (χ0n) is 15.8. The summed E-state index contributed by atoms with van der Waals surface area (Å²) in [6, 6.07) is 2.00. The molecule has 0 aromatic carbocycles. The third-order valence-electron chi connectivity index (χ3n) is 5.27. The molecule has 1 saturated carbocycles. The normalized spacial score (nSPS) is 19.2. The van der Waals surface area contributed by atoms with Crippen molar-refractivity contribution in [2.75, 3.05) is 31.1 Å². The summed E-state index contributed by atoms with van der Waals surface area (Å²) < 4.78 is 0. The lowest BCUT2D eigenvalue weighted by molar-refractivity contribution is -0.129. The molecule has 2 amide bonds. The highest BCUT2D eigenvalue weighted by atomic mass is 16.2. The van der Waals surface area contributed by atoms with Crippen molar-refractivity contribution in [2.45, 2.75) is 58.4 Å². The van der Waals surface area contributed by atoms with Gasteiger partial charge in [-0.15, -0.1) is 0 Å².